The number of thioether (sulfide) groups is 1. The summed E-state index contributed by atoms with van der Waals surface area (Å²) in [6.45, 7) is 5.80. The van der Waals surface area contributed by atoms with E-state index in [0.29, 0.717) is 28.8 Å². The van der Waals surface area contributed by atoms with Crippen molar-refractivity contribution < 1.29 is 28.7 Å². The molecule has 1 saturated heterocycles. The molecule has 1 fully saturated rings. The van der Waals surface area contributed by atoms with E-state index in [1.807, 2.05) is 47.9 Å². The van der Waals surface area contributed by atoms with E-state index in [4.69, 9.17) is 9.47 Å². The Morgan fingerprint density at radius 1 is 0.909 bits per heavy atom. The standard InChI is InChI=1S/C33H30N4O6S/c1-19(2)21-8-10-22(11-9-21)34-31(39)17-37-32(40)29(44-33(37)41)15-25-20(3)36(26-7-5-4-6-24(25)26)16-30(38)35-23-12-13-27-28(14-23)43-18-42-27/h4-15,19H,16-18H2,1-3H3,(H,34,39)(H,35,38)/b29-15-. The number of rotatable bonds is 8. The average molecular weight is 611 g/mol. The lowest BCUT2D eigenvalue weighted by Gasteiger charge is -2.13. The molecule has 11 heteroatoms. The van der Waals surface area contributed by atoms with E-state index in [1.165, 1.54) is 0 Å². The van der Waals surface area contributed by atoms with Gasteiger partial charge < -0.3 is 24.7 Å². The molecule has 44 heavy (non-hydrogen) atoms. The summed E-state index contributed by atoms with van der Waals surface area (Å²) < 4.78 is 12.6. The van der Waals surface area contributed by atoms with Crippen molar-refractivity contribution in [3.63, 3.8) is 0 Å². The van der Waals surface area contributed by atoms with E-state index in [1.54, 1.807) is 36.4 Å². The summed E-state index contributed by atoms with van der Waals surface area (Å²) >= 11 is 0.790. The number of aromatic nitrogens is 1. The summed E-state index contributed by atoms with van der Waals surface area (Å²) in [6, 6.07) is 20.2. The quantitative estimate of drug-likeness (QED) is 0.231. The van der Waals surface area contributed by atoms with Crippen LogP contribution in [0.3, 0.4) is 0 Å². The fourth-order valence-corrected chi connectivity index (χ4v) is 6.05. The van der Waals surface area contributed by atoms with Crippen molar-refractivity contribution in [2.75, 3.05) is 24.0 Å². The third-order valence-corrected chi connectivity index (χ3v) is 8.46. The van der Waals surface area contributed by atoms with Crippen LogP contribution in [0.5, 0.6) is 11.5 Å². The third kappa shape index (κ3) is 5.78. The molecule has 224 valence electrons. The first-order chi connectivity index (χ1) is 21.2. The van der Waals surface area contributed by atoms with Gasteiger partial charge in [0.25, 0.3) is 11.1 Å². The van der Waals surface area contributed by atoms with Crippen LogP contribution < -0.4 is 20.1 Å². The lowest BCUT2D eigenvalue weighted by atomic mass is 10.0. The van der Waals surface area contributed by atoms with Crippen molar-refractivity contribution in [2.24, 2.45) is 0 Å². The Kier molecular flexibility index (Phi) is 7.88. The number of amides is 4. The minimum absolute atomic E-state index is 0.0222. The molecule has 2 aliphatic heterocycles. The number of nitrogens with one attached hydrogen (secondary N) is 2. The highest BCUT2D eigenvalue weighted by Crippen LogP contribution is 2.36. The van der Waals surface area contributed by atoms with Crippen LogP contribution in [0.15, 0.2) is 71.6 Å². The number of hydrogen-bond donors (Lipinski definition) is 2. The molecule has 0 unspecified atom stereocenters. The van der Waals surface area contributed by atoms with Gasteiger partial charge in [-0.2, -0.15) is 0 Å². The third-order valence-electron chi connectivity index (χ3n) is 7.55. The van der Waals surface area contributed by atoms with E-state index in [2.05, 4.69) is 24.5 Å². The van der Waals surface area contributed by atoms with Crippen molar-refractivity contribution in [3.05, 3.63) is 88.5 Å². The number of carbonyl (C=O) groups excluding carboxylic acids is 4. The molecule has 2 aliphatic rings. The van der Waals surface area contributed by atoms with Crippen LogP contribution in [-0.2, 0) is 20.9 Å². The predicted octanol–water partition coefficient (Wildman–Crippen LogP) is 6.12. The summed E-state index contributed by atoms with van der Waals surface area (Å²) in [7, 11) is 0. The molecule has 3 aromatic carbocycles. The number of hydrogen-bond acceptors (Lipinski definition) is 7. The number of nitrogens with zero attached hydrogens (tertiary/aromatic N) is 2. The second-order valence-corrected chi connectivity index (χ2v) is 11.8. The first-order valence-electron chi connectivity index (χ1n) is 14.1. The van der Waals surface area contributed by atoms with Gasteiger partial charge in [-0.1, -0.05) is 44.2 Å². The molecule has 0 radical (unpaired) electrons. The number of carbonyl (C=O) groups is 4. The van der Waals surface area contributed by atoms with Gasteiger partial charge in [0.2, 0.25) is 18.6 Å². The zero-order chi connectivity index (χ0) is 31.0. The summed E-state index contributed by atoms with van der Waals surface area (Å²) in [5.74, 6) is 0.303. The lowest BCUT2D eigenvalue weighted by Crippen LogP contribution is -2.36. The highest BCUT2D eigenvalue weighted by atomic mass is 32.2. The van der Waals surface area contributed by atoms with Gasteiger partial charge in [0.05, 0.1) is 4.91 Å². The second kappa shape index (κ2) is 11.9. The minimum Gasteiger partial charge on any atom is -0.454 e. The molecule has 4 aromatic rings. The van der Waals surface area contributed by atoms with Crippen molar-refractivity contribution in [1.29, 1.82) is 0 Å². The predicted molar refractivity (Wildman–Crippen MR) is 170 cm³/mol. The number of imide groups is 1. The van der Waals surface area contributed by atoms with Gasteiger partial charge in [-0.25, -0.2) is 0 Å². The Morgan fingerprint density at radius 2 is 1.59 bits per heavy atom. The van der Waals surface area contributed by atoms with E-state index < -0.39 is 23.6 Å². The van der Waals surface area contributed by atoms with Crippen LogP contribution in [0.4, 0.5) is 16.2 Å². The van der Waals surface area contributed by atoms with Gasteiger partial charge in [-0.3, -0.25) is 24.1 Å². The number of ether oxygens (including phenoxy) is 2. The van der Waals surface area contributed by atoms with E-state index in [9.17, 15) is 19.2 Å². The van der Waals surface area contributed by atoms with Crippen LogP contribution in [0.2, 0.25) is 0 Å². The molecule has 6 rings (SSSR count). The molecule has 0 spiro atoms. The highest BCUT2D eigenvalue weighted by molar-refractivity contribution is 8.18. The lowest BCUT2D eigenvalue weighted by molar-refractivity contribution is -0.127. The molecule has 0 saturated carbocycles. The van der Waals surface area contributed by atoms with Crippen LogP contribution in [0, 0.1) is 6.92 Å². The van der Waals surface area contributed by atoms with Crippen LogP contribution in [-0.4, -0.2) is 45.8 Å². The zero-order valence-electron chi connectivity index (χ0n) is 24.4. The highest BCUT2D eigenvalue weighted by Gasteiger charge is 2.36. The SMILES string of the molecule is Cc1c(/C=C2\SC(=O)N(CC(=O)Nc3ccc(C(C)C)cc3)C2=O)c2ccccc2n1CC(=O)Nc1ccc2c(c1)OCO2. The summed E-state index contributed by atoms with van der Waals surface area (Å²) in [5, 5.41) is 5.97. The van der Waals surface area contributed by atoms with Gasteiger partial charge in [-0.15, -0.1) is 0 Å². The van der Waals surface area contributed by atoms with Crippen molar-refractivity contribution in [2.45, 2.75) is 33.2 Å². The molecule has 0 bridgehead atoms. The number of fused-ring (bicyclic) bond motifs is 2. The monoisotopic (exact) mass is 610 g/mol. The molecule has 10 nitrogen and oxygen atoms in total. The minimum atomic E-state index is -0.540. The average Bonchev–Trinajstić information content (AvgIpc) is 3.65. The maximum Gasteiger partial charge on any atom is 0.294 e. The summed E-state index contributed by atoms with van der Waals surface area (Å²) in [5.41, 5.74) is 4.59. The van der Waals surface area contributed by atoms with Gasteiger partial charge >= 0.3 is 0 Å². The van der Waals surface area contributed by atoms with Crippen LogP contribution in [0.25, 0.3) is 17.0 Å². The number of benzene rings is 3. The van der Waals surface area contributed by atoms with Crippen molar-refractivity contribution in [1.82, 2.24) is 9.47 Å². The Bertz CT molecular complexity index is 1840. The van der Waals surface area contributed by atoms with E-state index in [-0.39, 0.29) is 24.2 Å². The van der Waals surface area contributed by atoms with Crippen LogP contribution >= 0.6 is 11.8 Å². The zero-order valence-corrected chi connectivity index (χ0v) is 25.2. The maximum atomic E-state index is 13.3. The van der Waals surface area contributed by atoms with Gasteiger partial charge in [0.1, 0.15) is 13.1 Å². The molecule has 3 heterocycles. The molecular weight excluding hydrogens is 580 g/mol. The normalized spacial score (nSPS) is 15.1. The largest absolute Gasteiger partial charge is 0.454 e. The molecule has 4 amide bonds. The number of anilines is 2. The second-order valence-electron chi connectivity index (χ2n) is 10.8. The van der Waals surface area contributed by atoms with Gasteiger partial charge in [0.15, 0.2) is 11.5 Å². The molecule has 0 atom stereocenters. The Labute approximate surface area is 258 Å². The first-order valence-corrected chi connectivity index (χ1v) is 14.9. The summed E-state index contributed by atoms with van der Waals surface area (Å²) in [6.07, 6.45) is 1.66. The Morgan fingerprint density at radius 3 is 2.36 bits per heavy atom. The first kappa shape index (κ1) is 29.1. The van der Waals surface area contributed by atoms with E-state index in [0.717, 1.165) is 44.4 Å². The van der Waals surface area contributed by atoms with Crippen molar-refractivity contribution in [3.8, 4) is 11.5 Å². The summed E-state index contributed by atoms with van der Waals surface area (Å²) in [4.78, 5) is 53.1. The molecule has 1 aromatic heterocycles. The Balaban J connectivity index is 1.19. The van der Waals surface area contributed by atoms with E-state index >= 15 is 0 Å². The smallest absolute Gasteiger partial charge is 0.294 e. The molecule has 2 N–H and O–H groups in total. The Hall–Kier alpha value is -5.03. The van der Waals surface area contributed by atoms with Gasteiger partial charge in [0, 0.05) is 39.6 Å². The number of para-hydroxylation sites is 1. The topological polar surface area (TPSA) is 119 Å². The van der Waals surface area contributed by atoms with Crippen molar-refractivity contribution >= 4 is 63.1 Å². The fraction of sp³-hybridized carbons (Fsp3) is 0.212. The van der Waals surface area contributed by atoms with Gasteiger partial charge in [-0.05, 0) is 66.6 Å². The maximum absolute atomic E-state index is 13.3. The molecule has 0 aliphatic carbocycles. The molecular formula is C33H30N4O6S. The fourth-order valence-electron chi connectivity index (χ4n) is 5.22. The van der Waals surface area contributed by atoms with Crippen LogP contribution in [0.1, 0.15) is 36.6 Å².